The molecular formula is C26H29FN2O3S. The van der Waals surface area contributed by atoms with Crippen LogP contribution in [0.15, 0.2) is 71.6 Å². The Bertz CT molecular complexity index is 1200. The lowest BCUT2D eigenvalue weighted by atomic mass is 10.1. The van der Waals surface area contributed by atoms with Gasteiger partial charge in [-0.2, -0.15) is 4.31 Å². The zero-order chi connectivity index (χ0) is 24.2. The number of amides is 1. The van der Waals surface area contributed by atoms with E-state index in [-0.39, 0.29) is 23.8 Å². The Labute approximate surface area is 195 Å². The minimum Gasteiger partial charge on any atom is -0.348 e. The third-order valence-corrected chi connectivity index (χ3v) is 7.57. The average molecular weight is 469 g/mol. The van der Waals surface area contributed by atoms with Gasteiger partial charge in [-0.05, 0) is 62.1 Å². The Hall–Kier alpha value is -3.03. The van der Waals surface area contributed by atoms with Crippen molar-refractivity contribution in [3.05, 3.63) is 100 Å². The molecule has 0 bridgehead atoms. The van der Waals surface area contributed by atoms with Crippen molar-refractivity contribution < 1.29 is 17.6 Å². The van der Waals surface area contributed by atoms with Gasteiger partial charge >= 0.3 is 0 Å². The fourth-order valence-corrected chi connectivity index (χ4v) is 5.79. The van der Waals surface area contributed by atoms with Crippen molar-refractivity contribution in [3.63, 3.8) is 0 Å². The highest BCUT2D eigenvalue weighted by Gasteiger charge is 2.30. The second-order valence-electron chi connectivity index (χ2n) is 8.33. The number of nitrogens with zero attached hydrogens (tertiary/aromatic N) is 1. The lowest BCUT2D eigenvalue weighted by Crippen LogP contribution is -2.41. The summed E-state index contributed by atoms with van der Waals surface area (Å²) in [6, 6.07) is 18.3. The first kappa shape index (κ1) is 24.6. The number of hydrogen-bond donors (Lipinski definition) is 1. The maximum atomic E-state index is 13.7. The third kappa shape index (κ3) is 6.06. The molecule has 1 amide bonds. The minimum absolute atomic E-state index is 0.0638. The Morgan fingerprint density at radius 3 is 2.12 bits per heavy atom. The molecule has 5 nitrogen and oxygen atoms in total. The molecule has 0 heterocycles. The predicted octanol–water partition coefficient (Wildman–Crippen LogP) is 4.82. The lowest BCUT2D eigenvalue weighted by molar-refractivity contribution is -0.122. The van der Waals surface area contributed by atoms with Gasteiger partial charge in [0.2, 0.25) is 15.9 Å². The number of carbonyl (C=O) groups excluding carboxylic acids is 1. The monoisotopic (exact) mass is 468 g/mol. The van der Waals surface area contributed by atoms with Gasteiger partial charge in [0.25, 0.3) is 0 Å². The Morgan fingerprint density at radius 2 is 1.55 bits per heavy atom. The molecule has 0 aromatic heterocycles. The summed E-state index contributed by atoms with van der Waals surface area (Å²) in [6.45, 7) is 6.95. The summed E-state index contributed by atoms with van der Waals surface area (Å²) in [5.41, 5.74) is 3.77. The van der Waals surface area contributed by atoms with E-state index >= 15 is 0 Å². The Morgan fingerprint density at radius 1 is 0.970 bits per heavy atom. The zero-order valence-corrected chi connectivity index (χ0v) is 20.1. The van der Waals surface area contributed by atoms with Crippen LogP contribution in [0.1, 0.15) is 40.8 Å². The zero-order valence-electron chi connectivity index (χ0n) is 19.3. The van der Waals surface area contributed by atoms with Gasteiger partial charge in [-0.25, -0.2) is 12.8 Å². The number of rotatable bonds is 8. The molecule has 0 spiro atoms. The van der Waals surface area contributed by atoms with Crippen molar-refractivity contribution in [1.29, 1.82) is 0 Å². The second-order valence-corrected chi connectivity index (χ2v) is 10.2. The normalized spacial score (nSPS) is 12.5. The highest BCUT2D eigenvalue weighted by atomic mass is 32.2. The molecule has 3 rings (SSSR count). The SMILES string of the molecule is Cc1cc(C)c(S(=O)(=O)N(CC(=O)N[C@@H](C)c2ccc(F)cc2)Cc2ccccc2)c(C)c1. The molecule has 174 valence electrons. The molecule has 7 heteroatoms. The van der Waals surface area contributed by atoms with E-state index in [1.54, 1.807) is 32.9 Å². The number of aryl methyl sites for hydroxylation is 3. The smallest absolute Gasteiger partial charge is 0.244 e. The van der Waals surface area contributed by atoms with Crippen LogP contribution in [-0.4, -0.2) is 25.2 Å². The summed E-state index contributed by atoms with van der Waals surface area (Å²) in [4.78, 5) is 13.1. The molecule has 3 aromatic carbocycles. The molecule has 0 aliphatic carbocycles. The quantitative estimate of drug-likeness (QED) is 0.516. The van der Waals surface area contributed by atoms with Crippen LogP contribution < -0.4 is 5.32 Å². The van der Waals surface area contributed by atoms with Crippen LogP contribution in [-0.2, 0) is 21.4 Å². The first-order chi connectivity index (χ1) is 15.6. The van der Waals surface area contributed by atoms with Gasteiger partial charge in [-0.1, -0.05) is 60.2 Å². The van der Waals surface area contributed by atoms with Crippen molar-refractivity contribution in [1.82, 2.24) is 9.62 Å². The van der Waals surface area contributed by atoms with Crippen LogP contribution in [0.2, 0.25) is 0 Å². The number of sulfonamides is 1. The van der Waals surface area contributed by atoms with Crippen LogP contribution in [0.3, 0.4) is 0 Å². The molecule has 1 N–H and O–H groups in total. The topological polar surface area (TPSA) is 66.5 Å². The van der Waals surface area contributed by atoms with Gasteiger partial charge in [-0.3, -0.25) is 4.79 Å². The van der Waals surface area contributed by atoms with Crippen molar-refractivity contribution in [2.24, 2.45) is 0 Å². The molecule has 0 aliphatic heterocycles. The Kier molecular flexibility index (Phi) is 7.66. The van der Waals surface area contributed by atoms with Crippen LogP contribution >= 0.6 is 0 Å². The number of nitrogens with one attached hydrogen (secondary N) is 1. The molecule has 0 saturated carbocycles. The Balaban J connectivity index is 1.90. The van der Waals surface area contributed by atoms with Crippen molar-refractivity contribution >= 4 is 15.9 Å². The van der Waals surface area contributed by atoms with Crippen molar-refractivity contribution in [2.75, 3.05) is 6.54 Å². The summed E-state index contributed by atoms with van der Waals surface area (Å²) >= 11 is 0. The summed E-state index contributed by atoms with van der Waals surface area (Å²) in [6.07, 6.45) is 0. The van der Waals surface area contributed by atoms with Crippen LogP contribution in [0, 0.1) is 26.6 Å². The van der Waals surface area contributed by atoms with Gasteiger partial charge in [0, 0.05) is 6.54 Å². The highest BCUT2D eigenvalue weighted by Crippen LogP contribution is 2.26. The van der Waals surface area contributed by atoms with Crippen molar-refractivity contribution in [2.45, 2.75) is 45.2 Å². The van der Waals surface area contributed by atoms with Crippen LogP contribution in [0.25, 0.3) is 0 Å². The van der Waals surface area contributed by atoms with E-state index in [1.807, 2.05) is 49.4 Å². The predicted molar refractivity (Wildman–Crippen MR) is 128 cm³/mol. The van der Waals surface area contributed by atoms with Crippen LogP contribution in [0.5, 0.6) is 0 Å². The highest BCUT2D eigenvalue weighted by molar-refractivity contribution is 7.89. The van der Waals surface area contributed by atoms with Gasteiger partial charge in [0.1, 0.15) is 5.82 Å². The third-order valence-electron chi connectivity index (χ3n) is 5.47. The lowest BCUT2D eigenvalue weighted by Gasteiger charge is -2.25. The van der Waals surface area contributed by atoms with Gasteiger partial charge < -0.3 is 5.32 Å². The molecule has 0 fully saturated rings. The van der Waals surface area contributed by atoms with E-state index in [1.165, 1.54) is 16.4 Å². The summed E-state index contributed by atoms with van der Waals surface area (Å²) in [5, 5.41) is 2.83. The van der Waals surface area contributed by atoms with E-state index in [0.717, 1.165) is 16.7 Å². The molecule has 33 heavy (non-hydrogen) atoms. The molecular weight excluding hydrogens is 439 g/mol. The van der Waals surface area contributed by atoms with Gasteiger partial charge in [0.05, 0.1) is 17.5 Å². The van der Waals surface area contributed by atoms with E-state index in [0.29, 0.717) is 11.1 Å². The first-order valence-electron chi connectivity index (χ1n) is 10.7. The molecule has 0 radical (unpaired) electrons. The summed E-state index contributed by atoms with van der Waals surface area (Å²) < 4.78 is 41.9. The maximum Gasteiger partial charge on any atom is 0.244 e. The number of carbonyl (C=O) groups is 1. The molecule has 0 aliphatic rings. The van der Waals surface area contributed by atoms with Gasteiger partial charge in [0.15, 0.2) is 0 Å². The molecule has 0 unspecified atom stereocenters. The number of halogens is 1. The first-order valence-corrected chi connectivity index (χ1v) is 12.2. The standard InChI is InChI=1S/C26H29FN2O3S/c1-18-14-19(2)26(20(3)15-18)33(31,32)29(16-22-8-6-5-7-9-22)17-25(30)28-21(4)23-10-12-24(27)13-11-23/h5-15,21H,16-17H2,1-4H3,(H,28,30)/t21-/m0/s1. The van der Waals surface area contributed by atoms with E-state index in [9.17, 15) is 17.6 Å². The molecule has 1 atom stereocenters. The number of hydrogen-bond acceptors (Lipinski definition) is 3. The minimum atomic E-state index is -3.96. The molecule has 0 saturated heterocycles. The molecule has 3 aromatic rings. The summed E-state index contributed by atoms with van der Waals surface area (Å²) in [7, 11) is -3.96. The average Bonchev–Trinajstić information content (AvgIpc) is 2.73. The van der Waals surface area contributed by atoms with E-state index in [4.69, 9.17) is 0 Å². The van der Waals surface area contributed by atoms with Crippen LogP contribution in [0.4, 0.5) is 4.39 Å². The van der Waals surface area contributed by atoms with E-state index in [2.05, 4.69) is 5.32 Å². The largest absolute Gasteiger partial charge is 0.348 e. The fraction of sp³-hybridized carbons (Fsp3) is 0.269. The van der Waals surface area contributed by atoms with E-state index < -0.39 is 22.0 Å². The van der Waals surface area contributed by atoms with Gasteiger partial charge in [-0.15, -0.1) is 0 Å². The fourth-order valence-electron chi connectivity index (χ4n) is 4.00. The second kappa shape index (κ2) is 10.3. The summed E-state index contributed by atoms with van der Waals surface area (Å²) in [5.74, 6) is -0.796. The number of benzene rings is 3. The maximum absolute atomic E-state index is 13.7. The van der Waals surface area contributed by atoms with Crippen molar-refractivity contribution in [3.8, 4) is 0 Å².